The summed E-state index contributed by atoms with van der Waals surface area (Å²) >= 11 is 0. The highest BCUT2D eigenvalue weighted by Crippen LogP contribution is 2.19. The molecule has 0 fully saturated rings. The van der Waals surface area contributed by atoms with E-state index in [1.54, 1.807) is 6.92 Å². The number of nitrogens with zero attached hydrogens (tertiary/aromatic N) is 2. The SMILES string of the molecule is CCN(C(=O)Cc1ccc(-n2cccc2)cc1)c1ccc(F)c(F)c1. The van der Waals surface area contributed by atoms with Crippen LogP contribution in [0.25, 0.3) is 5.69 Å². The van der Waals surface area contributed by atoms with Gasteiger partial charge < -0.3 is 9.47 Å². The molecule has 0 aliphatic rings. The van der Waals surface area contributed by atoms with Crippen molar-refractivity contribution in [3.8, 4) is 5.69 Å². The number of halogens is 2. The van der Waals surface area contributed by atoms with Crippen LogP contribution in [0.3, 0.4) is 0 Å². The van der Waals surface area contributed by atoms with Crippen molar-refractivity contribution in [3.05, 3.63) is 84.2 Å². The van der Waals surface area contributed by atoms with E-state index in [0.717, 1.165) is 23.4 Å². The van der Waals surface area contributed by atoms with Crippen LogP contribution in [0.4, 0.5) is 14.5 Å². The van der Waals surface area contributed by atoms with Gasteiger partial charge in [-0.15, -0.1) is 0 Å². The maximum absolute atomic E-state index is 13.4. The molecule has 0 bridgehead atoms. The molecule has 0 saturated carbocycles. The topological polar surface area (TPSA) is 25.2 Å². The molecule has 0 atom stereocenters. The largest absolute Gasteiger partial charge is 0.324 e. The first-order valence-corrected chi connectivity index (χ1v) is 8.06. The summed E-state index contributed by atoms with van der Waals surface area (Å²) in [6.45, 7) is 2.18. The minimum absolute atomic E-state index is 0.165. The van der Waals surface area contributed by atoms with Gasteiger partial charge in [0.15, 0.2) is 11.6 Å². The molecule has 0 aliphatic heterocycles. The zero-order valence-electron chi connectivity index (χ0n) is 13.8. The van der Waals surface area contributed by atoms with Crippen molar-refractivity contribution in [1.29, 1.82) is 0 Å². The summed E-state index contributed by atoms with van der Waals surface area (Å²) < 4.78 is 28.5. The molecular formula is C20H18F2N2O. The fourth-order valence-electron chi connectivity index (χ4n) is 2.72. The number of hydrogen-bond acceptors (Lipinski definition) is 1. The molecule has 0 radical (unpaired) electrons. The van der Waals surface area contributed by atoms with Crippen LogP contribution in [-0.4, -0.2) is 17.0 Å². The lowest BCUT2D eigenvalue weighted by Crippen LogP contribution is -2.32. The third kappa shape index (κ3) is 3.76. The third-order valence-electron chi connectivity index (χ3n) is 4.03. The molecule has 25 heavy (non-hydrogen) atoms. The van der Waals surface area contributed by atoms with Gasteiger partial charge in [-0.25, -0.2) is 8.78 Å². The van der Waals surface area contributed by atoms with Crippen LogP contribution in [-0.2, 0) is 11.2 Å². The Labute approximate surface area is 145 Å². The van der Waals surface area contributed by atoms with Crippen LogP contribution in [0.2, 0.25) is 0 Å². The standard InChI is InChI=1S/C20H18F2N2O/c1-2-24(17-9-10-18(21)19(22)14-17)20(25)13-15-5-7-16(8-6-15)23-11-3-4-12-23/h3-12,14H,2,13H2,1H3. The molecule has 1 heterocycles. The Balaban J connectivity index is 1.74. The lowest BCUT2D eigenvalue weighted by Gasteiger charge is -2.21. The predicted molar refractivity (Wildman–Crippen MR) is 93.9 cm³/mol. The minimum atomic E-state index is -0.958. The third-order valence-corrected chi connectivity index (χ3v) is 4.03. The summed E-state index contributed by atoms with van der Waals surface area (Å²) in [4.78, 5) is 14.0. The maximum atomic E-state index is 13.4. The van der Waals surface area contributed by atoms with Crippen molar-refractivity contribution in [2.75, 3.05) is 11.4 Å². The van der Waals surface area contributed by atoms with Crippen molar-refractivity contribution >= 4 is 11.6 Å². The van der Waals surface area contributed by atoms with Crippen LogP contribution in [0.15, 0.2) is 67.0 Å². The number of rotatable bonds is 5. The van der Waals surface area contributed by atoms with E-state index in [1.165, 1.54) is 11.0 Å². The van der Waals surface area contributed by atoms with E-state index in [0.29, 0.717) is 12.2 Å². The Kier molecular flexibility index (Phi) is 4.93. The van der Waals surface area contributed by atoms with E-state index < -0.39 is 11.6 Å². The van der Waals surface area contributed by atoms with Gasteiger partial charge in [0, 0.05) is 36.4 Å². The molecule has 1 amide bonds. The van der Waals surface area contributed by atoms with Crippen molar-refractivity contribution in [2.24, 2.45) is 0 Å². The average Bonchev–Trinajstić information content (AvgIpc) is 3.14. The number of likely N-dealkylation sites (N-methyl/N-ethyl adjacent to an activating group) is 1. The highest BCUT2D eigenvalue weighted by atomic mass is 19.2. The van der Waals surface area contributed by atoms with Gasteiger partial charge in [0.05, 0.1) is 6.42 Å². The smallest absolute Gasteiger partial charge is 0.231 e. The summed E-state index contributed by atoms with van der Waals surface area (Å²) in [7, 11) is 0. The molecule has 0 saturated heterocycles. The Bertz CT molecular complexity index is 858. The number of hydrogen-bond donors (Lipinski definition) is 0. The Morgan fingerprint density at radius 1 is 1.00 bits per heavy atom. The number of aromatic nitrogens is 1. The lowest BCUT2D eigenvalue weighted by atomic mass is 10.1. The van der Waals surface area contributed by atoms with Crippen LogP contribution < -0.4 is 4.90 Å². The molecule has 128 valence electrons. The molecule has 1 aromatic heterocycles. The van der Waals surface area contributed by atoms with E-state index in [4.69, 9.17) is 0 Å². The first kappa shape index (κ1) is 16.9. The maximum Gasteiger partial charge on any atom is 0.231 e. The number of benzene rings is 2. The highest BCUT2D eigenvalue weighted by molar-refractivity contribution is 5.94. The second kappa shape index (κ2) is 7.30. The number of carbonyl (C=O) groups is 1. The van der Waals surface area contributed by atoms with Crippen molar-refractivity contribution in [2.45, 2.75) is 13.3 Å². The molecule has 3 aromatic rings. The molecular weight excluding hydrogens is 322 g/mol. The molecule has 0 spiro atoms. The zero-order valence-corrected chi connectivity index (χ0v) is 13.8. The van der Waals surface area contributed by atoms with Gasteiger partial charge in [0.1, 0.15) is 0 Å². The molecule has 5 heteroatoms. The van der Waals surface area contributed by atoms with Crippen LogP contribution >= 0.6 is 0 Å². The van der Waals surface area contributed by atoms with Crippen LogP contribution in [0.1, 0.15) is 12.5 Å². The molecule has 2 aromatic carbocycles. The lowest BCUT2D eigenvalue weighted by molar-refractivity contribution is -0.117. The molecule has 0 N–H and O–H groups in total. The quantitative estimate of drug-likeness (QED) is 0.678. The summed E-state index contributed by atoms with van der Waals surface area (Å²) in [5, 5.41) is 0. The average molecular weight is 340 g/mol. The fourth-order valence-corrected chi connectivity index (χ4v) is 2.72. The van der Waals surface area contributed by atoms with Gasteiger partial charge in [-0.3, -0.25) is 4.79 Å². The van der Waals surface area contributed by atoms with Gasteiger partial charge in [0.2, 0.25) is 5.91 Å². The second-order valence-electron chi connectivity index (χ2n) is 5.67. The summed E-state index contributed by atoms with van der Waals surface area (Å²) in [5.41, 5.74) is 2.23. The Morgan fingerprint density at radius 3 is 2.28 bits per heavy atom. The molecule has 0 aliphatic carbocycles. The van der Waals surface area contributed by atoms with E-state index in [-0.39, 0.29) is 12.3 Å². The minimum Gasteiger partial charge on any atom is -0.324 e. The van der Waals surface area contributed by atoms with Crippen molar-refractivity contribution in [3.63, 3.8) is 0 Å². The number of carbonyl (C=O) groups excluding carboxylic acids is 1. The first-order chi connectivity index (χ1) is 12.1. The van der Waals surface area contributed by atoms with E-state index in [2.05, 4.69) is 0 Å². The van der Waals surface area contributed by atoms with E-state index in [1.807, 2.05) is 53.4 Å². The van der Waals surface area contributed by atoms with Crippen LogP contribution in [0, 0.1) is 11.6 Å². The van der Waals surface area contributed by atoms with Gasteiger partial charge in [-0.1, -0.05) is 12.1 Å². The zero-order chi connectivity index (χ0) is 17.8. The first-order valence-electron chi connectivity index (χ1n) is 8.06. The second-order valence-corrected chi connectivity index (χ2v) is 5.67. The number of amides is 1. The Hall–Kier alpha value is -2.95. The highest BCUT2D eigenvalue weighted by Gasteiger charge is 2.16. The normalized spacial score (nSPS) is 10.7. The number of anilines is 1. The molecule has 3 rings (SSSR count). The van der Waals surface area contributed by atoms with Gasteiger partial charge >= 0.3 is 0 Å². The summed E-state index contributed by atoms with van der Waals surface area (Å²) in [6.07, 6.45) is 4.09. The van der Waals surface area contributed by atoms with Gasteiger partial charge in [-0.05, 0) is 48.9 Å². The van der Waals surface area contributed by atoms with E-state index >= 15 is 0 Å². The van der Waals surface area contributed by atoms with E-state index in [9.17, 15) is 13.6 Å². The summed E-state index contributed by atoms with van der Waals surface area (Å²) in [5.74, 6) is -2.05. The molecule has 0 unspecified atom stereocenters. The van der Waals surface area contributed by atoms with Crippen molar-refractivity contribution < 1.29 is 13.6 Å². The summed E-state index contributed by atoms with van der Waals surface area (Å²) in [6, 6.07) is 15.1. The van der Waals surface area contributed by atoms with Gasteiger partial charge in [0.25, 0.3) is 0 Å². The van der Waals surface area contributed by atoms with Gasteiger partial charge in [-0.2, -0.15) is 0 Å². The Morgan fingerprint density at radius 2 is 1.68 bits per heavy atom. The van der Waals surface area contributed by atoms with Crippen molar-refractivity contribution in [1.82, 2.24) is 4.57 Å². The predicted octanol–water partition coefficient (Wildman–Crippen LogP) is 4.35. The monoisotopic (exact) mass is 340 g/mol. The fraction of sp³-hybridized carbons (Fsp3) is 0.150. The molecule has 3 nitrogen and oxygen atoms in total. The van der Waals surface area contributed by atoms with Crippen LogP contribution in [0.5, 0.6) is 0 Å².